The van der Waals surface area contributed by atoms with E-state index in [1.165, 1.54) is 0 Å². The third-order valence-electron chi connectivity index (χ3n) is 3.04. The summed E-state index contributed by atoms with van der Waals surface area (Å²) >= 11 is 1.67. The van der Waals surface area contributed by atoms with Gasteiger partial charge in [0.15, 0.2) is 0 Å². The van der Waals surface area contributed by atoms with Crippen molar-refractivity contribution < 1.29 is 9.53 Å². The lowest BCUT2D eigenvalue weighted by atomic mass is 10.3. The lowest BCUT2D eigenvalue weighted by Gasteiger charge is -2.27. The maximum Gasteiger partial charge on any atom is 0.221 e. The van der Waals surface area contributed by atoms with Gasteiger partial charge in [-0.25, -0.2) is 9.97 Å². The first-order valence-electron chi connectivity index (χ1n) is 6.69. The fourth-order valence-electron chi connectivity index (χ4n) is 1.92. The summed E-state index contributed by atoms with van der Waals surface area (Å²) in [4.78, 5) is 22.2. The van der Waals surface area contributed by atoms with Crippen LogP contribution in [0.4, 0.5) is 5.82 Å². The molecule has 2 rings (SSSR count). The van der Waals surface area contributed by atoms with Crippen LogP contribution >= 0.6 is 11.8 Å². The fourth-order valence-corrected chi connectivity index (χ4v) is 2.31. The number of thioether (sulfide) groups is 1. The third-order valence-corrected chi connectivity index (χ3v) is 3.66. The molecule has 0 unspecified atom stereocenters. The number of nitrogens with zero attached hydrogens (tertiary/aromatic N) is 3. The molecule has 20 heavy (non-hydrogen) atoms. The van der Waals surface area contributed by atoms with E-state index in [4.69, 9.17) is 4.74 Å². The number of amides is 1. The number of hydrogen-bond donors (Lipinski definition) is 1. The zero-order valence-electron chi connectivity index (χ0n) is 11.7. The Morgan fingerprint density at radius 1 is 1.45 bits per heavy atom. The van der Waals surface area contributed by atoms with Crippen molar-refractivity contribution in [3.8, 4) is 0 Å². The van der Waals surface area contributed by atoms with Crippen molar-refractivity contribution in [3.63, 3.8) is 0 Å². The lowest BCUT2D eigenvalue weighted by Crippen LogP contribution is -2.37. The van der Waals surface area contributed by atoms with Crippen molar-refractivity contribution in [2.45, 2.75) is 13.0 Å². The van der Waals surface area contributed by atoms with Crippen LogP contribution in [0.2, 0.25) is 0 Å². The van der Waals surface area contributed by atoms with E-state index < -0.39 is 0 Å². The van der Waals surface area contributed by atoms with Gasteiger partial charge in [-0.3, -0.25) is 4.79 Å². The number of rotatable bonds is 6. The number of hydrogen-bond acceptors (Lipinski definition) is 6. The molecule has 0 aromatic carbocycles. The van der Waals surface area contributed by atoms with Crippen LogP contribution < -0.4 is 10.2 Å². The molecule has 7 heteroatoms. The number of carbonyl (C=O) groups is 1. The second-order valence-electron chi connectivity index (χ2n) is 4.49. The lowest BCUT2D eigenvalue weighted by molar-refractivity contribution is -0.120. The highest BCUT2D eigenvalue weighted by Crippen LogP contribution is 2.12. The Morgan fingerprint density at radius 3 is 3.00 bits per heavy atom. The van der Waals surface area contributed by atoms with Crippen molar-refractivity contribution in [1.82, 2.24) is 15.3 Å². The van der Waals surface area contributed by atoms with Crippen LogP contribution in [0.3, 0.4) is 0 Å². The average Bonchev–Trinajstić information content (AvgIpc) is 2.52. The molecule has 0 aliphatic carbocycles. The molecule has 1 N–H and O–H groups in total. The molecule has 1 fully saturated rings. The summed E-state index contributed by atoms with van der Waals surface area (Å²) in [6.07, 6.45) is 4.09. The summed E-state index contributed by atoms with van der Waals surface area (Å²) < 4.78 is 5.32. The molecule has 1 aliphatic rings. The summed E-state index contributed by atoms with van der Waals surface area (Å²) in [7, 11) is 0. The first-order valence-corrected chi connectivity index (χ1v) is 8.08. The van der Waals surface area contributed by atoms with Gasteiger partial charge in [0.2, 0.25) is 5.91 Å². The number of carbonyl (C=O) groups excluding carboxylic acids is 1. The highest BCUT2D eigenvalue weighted by molar-refractivity contribution is 7.98. The normalized spacial score (nSPS) is 15.2. The molecule has 6 nitrogen and oxygen atoms in total. The third kappa shape index (κ3) is 4.64. The van der Waals surface area contributed by atoms with Gasteiger partial charge in [-0.05, 0) is 6.26 Å². The van der Waals surface area contributed by atoms with Gasteiger partial charge in [0.25, 0.3) is 0 Å². The molecule has 1 amide bonds. The van der Waals surface area contributed by atoms with Gasteiger partial charge in [-0.1, -0.05) is 0 Å². The molecule has 1 aromatic rings. The molecular formula is C13H20N4O2S. The first-order chi connectivity index (χ1) is 9.79. The van der Waals surface area contributed by atoms with E-state index in [9.17, 15) is 4.79 Å². The molecule has 0 radical (unpaired) electrons. The molecule has 1 aliphatic heterocycles. The Bertz CT molecular complexity index is 438. The van der Waals surface area contributed by atoms with Gasteiger partial charge in [-0.2, -0.15) is 11.8 Å². The number of ether oxygens (including phenoxy) is 1. The van der Waals surface area contributed by atoms with Crippen molar-refractivity contribution in [2.24, 2.45) is 0 Å². The van der Waals surface area contributed by atoms with Crippen molar-refractivity contribution >= 4 is 23.5 Å². The van der Waals surface area contributed by atoms with Crippen LogP contribution in [0.25, 0.3) is 0 Å². The molecule has 0 spiro atoms. The minimum absolute atomic E-state index is 0.0610. The Labute approximate surface area is 123 Å². The molecule has 0 saturated carbocycles. The van der Waals surface area contributed by atoms with Crippen LogP contribution in [-0.2, 0) is 16.1 Å². The molecule has 0 bridgehead atoms. The number of anilines is 1. The van der Waals surface area contributed by atoms with E-state index in [0.717, 1.165) is 43.6 Å². The zero-order chi connectivity index (χ0) is 14.2. The predicted octanol–water partition coefficient (Wildman–Crippen LogP) is 0.682. The van der Waals surface area contributed by atoms with Gasteiger partial charge in [0, 0.05) is 31.3 Å². The maximum absolute atomic E-state index is 11.6. The van der Waals surface area contributed by atoms with Gasteiger partial charge in [0.1, 0.15) is 12.1 Å². The summed E-state index contributed by atoms with van der Waals surface area (Å²) in [5, 5.41) is 2.88. The van der Waals surface area contributed by atoms with Crippen LogP contribution in [0, 0.1) is 0 Å². The number of aromatic nitrogens is 2. The largest absolute Gasteiger partial charge is 0.378 e. The smallest absolute Gasteiger partial charge is 0.221 e. The molecule has 1 saturated heterocycles. The van der Waals surface area contributed by atoms with E-state index in [2.05, 4.69) is 20.2 Å². The van der Waals surface area contributed by atoms with Gasteiger partial charge < -0.3 is 15.0 Å². The molecular weight excluding hydrogens is 276 g/mol. The summed E-state index contributed by atoms with van der Waals surface area (Å²) in [6, 6.07) is 1.93. The maximum atomic E-state index is 11.6. The van der Waals surface area contributed by atoms with E-state index in [-0.39, 0.29) is 5.91 Å². The summed E-state index contributed by atoms with van der Waals surface area (Å²) in [5.41, 5.74) is 0.832. The van der Waals surface area contributed by atoms with Gasteiger partial charge in [0.05, 0.1) is 25.5 Å². The highest BCUT2D eigenvalue weighted by Gasteiger charge is 2.13. The van der Waals surface area contributed by atoms with E-state index in [1.807, 2.05) is 12.3 Å². The number of morpholine rings is 1. The van der Waals surface area contributed by atoms with Crippen molar-refractivity contribution in [1.29, 1.82) is 0 Å². The fraction of sp³-hybridized carbons (Fsp3) is 0.615. The van der Waals surface area contributed by atoms with Crippen LogP contribution in [0.5, 0.6) is 0 Å². The van der Waals surface area contributed by atoms with Crippen LogP contribution in [0.15, 0.2) is 12.4 Å². The highest BCUT2D eigenvalue weighted by atomic mass is 32.2. The van der Waals surface area contributed by atoms with E-state index >= 15 is 0 Å². The van der Waals surface area contributed by atoms with E-state index in [0.29, 0.717) is 13.0 Å². The van der Waals surface area contributed by atoms with Gasteiger partial charge >= 0.3 is 0 Å². The molecule has 1 aromatic heterocycles. The SMILES string of the molecule is CSCCC(=O)NCc1cc(N2CCOCC2)ncn1. The molecule has 0 atom stereocenters. The second kappa shape index (κ2) is 8.06. The first kappa shape index (κ1) is 15.1. The number of nitrogens with one attached hydrogen (secondary N) is 1. The van der Waals surface area contributed by atoms with Gasteiger partial charge in [-0.15, -0.1) is 0 Å². The minimum Gasteiger partial charge on any atom is -0.378 e. The average molecular weight is 296 g/mol. The minimum atomic E-state index is 0.0610. The zero-order valence-corrected chi connectivity index (χ0v) is 12.5. The Hall–Kier alpha value is -1.34. The Kier molecular flexibility index (Phi) is 6.07. The monoisotopic (exact) mass is 296 g/mol. The molecule has 110 valence electrons. The van der Waals surface area contributed by atoms with Crippen LogP contribution in [-0.4, -0.2) is 54.2 Å². The Morgan fingerprint density at radius 2 is 2.25 bits per heavy atom. The van der Waals surface area contributed by atoms with Crippen molar-refractivity contribution in [2.75, 3.05) is 43.2 Å². The summed E-state index contributed by atoms with van der Waals surface area (Å²) in [6.45, 7) is 3.59. The quantitative estimate of drug-likeness (QED) is 0.833. The Balaban J connectivity index is 1.87. The predicted molar refractivity (Wildman–Crippen MR) is 79.9 cm³/mol. The van der Waals surface area contributed by atoms with Crippen LogP contribution in [0.1, 0.15) is 12.1 Å². The second-order valence-corrected chi connectivity index (χ2v) is 5.47. The topological polar surface area (TPSA) is 67.4 Å². The standard InChI is InChI=1S/C13H20N4O2S/c1-20-7-2-13(18)14-9-11-8-12(16-10-15-11)17-3-5-19-6-4-17/h8,10H,2-7,9H2,1H3,(H,14,18). The molecule has 2 heterocycles. The summed E-state index contributed by atoms with van der Waals surface area (Å²) in [5.74, 6) is 1.80. The van der Waals surface area contributed by atoms with Crippen molar-refractivity contribution in [3.05, 3.63) is 18.1 Å². The van der Waals surface area contributed by atoms with E-state index in [1.54, 1.807) is 18.1 Å².